The van der Waals surface area contributed by atoms with Crippen LogP contribution in [0, 0.1) is 0 Å². The Morgan fingerprint density at radius 2 is 1.94 bits per heavy atom. The molecule has 8 heteroatoms. The molecule has 2 aromatic carbocycles. The van der Waals surface area contributed by atoms with Crippen molar-refractivity contribution in [3.63, 3.8) is 0 Å². The summed E-state index contributed by atoms with van der Waals surface area (Å²) in [5.41, 5.74) is 1.92. The predicted octanol–water partition coefficient (Wildman–Crippen LogP) is 4.74. The minimum Gasteiger partial charge on any atom is -0.507 e. The molecular formula is C24H28O8. The second-order valence-electron chi connectivity index (χ2n) is 7.53. The Balaban J connectivity index is 1.52. The molecule has 1 aliphatic heterocycles. The van der Waals surface area contributed by atoms with Crippen molar-refractivity contribution < 1.29 is 38.7 Å². The van der Waals surface area contributed by atoms with E-state index in [-0.39, 0.29) is 11.5 Å². The normalized spacial score (nSPS) is 14.8. The SMILES string of the molecule is CCCc1c(OCCCOc2ccc3c(c2)OC(OC(=O)O)CC3)ccc(C(C)=O)c1O. The summed E-state index contributed by atoms with van der Waals surface area (Å²) in [5.74, 6) is 1.54. The Morgan fingerprint density at radius 3 is 2.66 bits per heavy atom. The van der Waals surface area contributed by atoms with Gasteiger partial charge in [-0.25, -0.2) is 4.79 Å². The maximum absolute atomic E-state index is 11.7. The number of ether oxygens (including phenoxy) is 4. The van der Waals surface area contributed by atoms with E-state index in [2.05, 4.69) is 0 Å². The lowest BCUT2D eigenvalue weighted by molar-refractivity contribution is -0.0635. The number of Topliss-reactive ketones (excluding diaryl/α,β-unsaturated/α-hetero) is 1. The smallest absolute Gasteiger partial charge is 0.507 e. The van der Waals surface area contributed by atoms with Gasteiger partial charge in [-0.3, -0.25) is 4.79 Å². The van der Waals surface area contributed by atoms with Gasteiger partial charge in [-0.2, -0.15) is 0 Å². The number of carbonyl (C=O) groups excluding carboxylic acids is 1. The lowest BCUT2D eigenvalue weighted by atomic mass is 10.0. The Bertz CT molecular complexity index is 969. The number of phenolic OH excluding ortho intramolecular Hbond substituents is 1. The number of rotatable bonds is 10. The van der Waals surface area contributed by atoms with Crippen LogP contribution >= 0.6 is 0 Å². The van der Waals surface area contributed by atoms with Gasteiger partial charge in [0, 0.05) is 24.5 Å². The molecule has 1 atom stereocenters. The van der Waals surface area contributed by atoms with Crippen molar-refractivity contribution in [2.75, 3.05) is 13.2 Å². The second kappa shape index (κ2) is 10.7. The van der Waals surface area contributed by atoms with E-state index >= 15 is 0 Å². The largest absolute Gasteiger partial charge is 0.508 e. The first-order valence-corrected chi connectivity index (χ1v) is 10.7. The molecule has 0 saturated carbocycles. The molecule has 1 heterocycles. The topological polar surface area (TPSA) is 112 Å². The first-order valence-electron chi connectivity index (χ1n) is 10.7. The third kappa shape index (κ3) is 5.84. The van der Waals surface area contributed by atoms with Crippen molar-refractivity contribution in [3.05, 3.63) is 47.0 Å². The number of aryl methyl sites for hydroxylation is 1. The van der Waals surface area contributed by atoms with Crippen molar-refractivity contribution in [3.8, 4) is 23.0 Å². The van der Waals surface area contributed by atoms with Gasteiger partial charge in [0.05, 0.1) is 18.8 Å². The average Bonchev–Trinajstić information content (AvgIpc) is 2.74. The van der Waals surface area contributed by atoms with Gasteiger partial charge in [-0.05, 0) is 43.5 Å². The van der Waals surface area contributed by atoms with E-state index in [0.717, 1.165) is 12.0 Å². The number of benzene rings is 2. The Labute approximate surface area is 186 Å². The molecule has 1 unspecified atom stereocenters. The van der Waals surface area contributed by atoms with E-state index in [1.165, 1.54) is 6.92 Å². The van der Waals surface area contributed by atoms with Crippen molar-refractivity contribution in [2.45, 2.75) is 52.2 Å². The zero-order valence-corrected chi connectivity index (χ0v) is 18.3. The lowest BCUT2D eigenvalue weighted by Crippen LogP contribution is -2.27. The molecule has 2 N–H and O–H groups in total. The molecule has 1 aliphatic rings. The molecule has 0 aliphatic carbocycles. The van der Waals surface area contributed by atoms with Gasteiger partial charge in [-0.1, -0.05) is 19.4 Å². The molecule has 0 aromatic heterocycles. The number of carboxylic acid groups (broad SMARTS) is 1. The van der Waals surface area contributed by atoms with E-state index in [0.29, 0.717) is 67.3 Å². The fourth-order valence-electron chi connectivity index (χ4n) is 3.57. The molecule has 8 nitrogen and oxygen atoms in total. The molecular weight excluding hydrogens is 416 g/mol. The van der Waals surface area contributed by atoms with Crippen LogP contribution in [0.4, 0.5) is 4.79 Å². The van der Waals surface area contributed by atoms with E-state index in [1.807, 2.05) is 19.1 Å². The summed E-state index contributed by atoms with van der Waals surface area (Å²) in [6, 6.07) is 8.77. The number of aromatic hydroxyl groups is 1. The number of fused-ring (bicyclic) bond motifs is 1. The zero-order valence-electron chi connectivity index (χ0n) is 18.3. The van der Waals surface area contributed by atoms with Gasteiger partial charge in [-0.15, -0.1) is 0 Å². The summed E-state index contributed by atoms with van der Waals surface area (Å²) in [5, 5.41) is 19.2. The van der Waals surface area contributed by atoms with Gasteiger partial charge < -0.3 is 29.2 Å². The molecule has 0 spiro atoms. The van der Waals surface area contributed by atoms with E-state index in [4.69, 9.17) is 24.1 Å². The maximum Gasteiger partial charge on any atom is 0.508 e. The Hall–Kier alpha value is -3.42. The fourth-order valence-corrected chi connectivity index (χ4v) is 3.57. The van der Waals surface area contributed by atoms with E-state index in [9.17, 15) is 14.7 Å². The molecule has 0 amide bonds. The highest BCUT2D eigenvalue weighted by atomic mass is 16.8. The average molecular weight is 444 g/mol. The minimum atomic E-state index is -1.36. The molecule has 172 valence electrons. The fraction of sp³-hybridized carbons (Fsp3) is 0.417. The molecule has 0 saturated heterocycles. The third-order valence-corrected chi connectivity index (χ3v) is 5.11. The Kier molecular flexibility index (Phi) is 7.81. The van der Waals surface area contributed by atoms with E-state index in [1.54, 1.807) is 18.2 Å². The molecule has 32 heavy (non-hydrogen) atoms. The first-order chi connectivity index (χ1) is 15.4. The number of hydrogen-bond donors (Lipinski definition) is 2. The van der Waals surface area contributed by atoms with Gasteiger partial charge in [0.2, 0.25) is 6.29 Å². The maximum atomic E-state index is 11.7. The van der Waals surface area contributed by atoms with Gasteiger partial charge in [0.15, 0.2) is 5.78 Å². The standard InChI is InChI=1S/C24H28O8/c1-3-5-19-20(10-9-18(15(2)25)23(19)26)30-13-4-12-29-17-8-6-16-7-11-22(32-24(27)28)31-21(16)14-17/h6,8-10,14,22,26H,3-5,7,11-13H2,1-2H3,(H,27,28). The van der Waals surface area contributed by atoms with Crippen LogP contribution in [0.25, 0.3) is 0 Å². The van der Waals surface area contributed by atoms with Crippen LogP contribution in [0.3, 0.4) is 0 Å². The zero-order chi connectivity index (χ0) is 23.1. The van der Waals surface area contributed by atoms with Crippen LogP contribution in [0.5, 0.6) is 23.0 Å². The highest BCUT2D eigenvalue weighted by Crippen LogP contribution is 2.34. The van der Waals surface area contributed by atoms with Gasteiger partial charge in [0.1, 0.15) is 23.0 Å². The quantitative estimate of drug-likeness (QED) is 0.307. The van der Waals surface area contributed by atoms with Crippen molar-refractivity contribution in [1.29, 1.82) is 0 Å². The lowest BCUT2D eigenvalue weighted by Gasteiger charge is -2.25. The molecule has 0 fully saturated rings. The first kappa shape index (κ1) is 23.2. The summed E-state index contributed by atoms with van der Waals surface area (Å²) in [4.78, 5) is 22.4. The number of carbonyl (C=O) groups is 2. The van der Waals surface area contributed by atoms with Crippen LogP contribution in [0.15, 0.2) is 30.3 Å². The van der Waals surface area contributed by atoms with E-state index < -0.39 is 12.4 Å². The Morgan fingerprint density at radius 1 is 1.16 bits per heavy atom. The number of phenols is 1. The molecule has 0 bridgehead atoms. The van der Waals surface area contributed by atoms with Crippen LogP contribution in [0.1, 0.15) is 54.6 Å². The minimum absolute atomic E-state index is 0.00709. The summed E-state index contributed by atoms with van der Waals surface area (Å²) in [6.45, 7) is 4.20. The van der Waals surface area contributed by atoms with Crippen LogP contribution in [0.2, 0.25) is 0 Å². The van der Waals surface area contributed by atoms with Crippen molar-refractivity contribution in [2.24, 2.45) is 0 Å². The van der Waals surface area contributed by atoms with Gasteiger partial charge in [0.25, 0.3) is 0 Å². The predicted molar refractivity (Wildman–Crippen MR) is 116 cm³/mol. The van der Waals surface area contributed by atoms with Crippen molar-refractivity contribution in [1.82, 2.24) is 0 Å². The van der Waals surface area contributed by atoms with Crippen LogP contribution in [-0.2, 0) is 17.6 Å². The molecule has 3 rings (SSSR count). The van der Waals surface area contributed by atoms with Crippen LogP contribution in [-0.4, -0.2) is 41.7 Å². The highest BCUT2D eigenvalue weighted by Gasteiger charge is 2.23. The monoisotopic (exact) mass is 444 g/mol. The summed E-state index contributed by atoms with van der Waals surface area (Å²) in [6.07, 6.45) is 0.984. The van der Waals surface area contributed by atoms with Gasteiger partial charge >= 0.3 is 6.16 Å². The molecule has 2 aromatic rings. The summed E-state index contributed by atoms with van der Waals surface area (Å²) < 4.78 is 21.9. The second-order valence-corrected chi connectivity index (χ2v) is 7.53. The van der Waals surface area contributed by atoms with Crippen molar-refractivity contribution >= 4 is 11.9 Å². The molecule has 0 radical (unpaired) electrons. The van der Waals surface area contributed by atoms with Crippen LogP contribution < -0.4 is 14.2 Å². The summed E-state index contributed by atoms with van der Waals surface area (Å²) >= 11 is 0. The third-order valence-electron chi connectivity index (χ3n) is 5.11. The number of ketones is 1. The summed E-state index contributed by atoms with van der Waals surface area (Å²) in [7, 11) is 0. The number of hydrogen-bond acceptors (Lipinski definition) is 7. The highest BCUT2D eigenvalue weighted by molar-refractivity contribution is 5.97.